The van der Waals surface area contributed by atoms with E-state index in [1.807, 2.05) is 31.2 Å². The van der Waals surface area contributed by atoms with Gasteiger partial charge in [0, 0.05) is 11.3 Å². The summed E-state index contributed by atoms with van der Waals surface area (Å²) < 4.78 is 22.2. The summed E-state index contributed by atoms with van der Waals surface area (Å²) in [5, 5.41) is 8.74. The summed E-state index contributed by atoms with van der Waals surface area (Å²) in [6.45, 7) is 2.91. The topological polar surface area (TPSA) is 83.7 Å². The number of benzene rings is 2. The largest absolute Gasteiger partial charge is 0.497 e. The van der Waals surface area contributed by atoms with Gasteiger partial charge in [-0.2, -0.15) is 0 Å². The first kappa shape index (κ1) is 21.7. The highest BCUT2D eigenvalue weighted by Gasteiger charge is 2.09. The van der Waals surface area contributed by atoms with E-state index < -0.39 is 0 Å². The third-order valence-electron chi connectivity index (χ3n) is 4.14. The van der Waals surface area contributed by atoms with Crippen LogP contribution in [-0.2, 0) is 6.42 Å². The second kappa shape index (κ2) is 11.3. The van der Waals surface area contributed by atoms with Crippen LogP contribution in [0.2, 0.25) is 0 Å². The van der Waals surface area contributed by atoms with Crippen LogP contribution in [0.25, 0.3) is 0 Å². The average molecular weight is 429 g/mol. The second-order valence-electron chi connectivity index (χ2n) is 6.29. The number of aldehydes is 1. The van der Waals surface area contributed by atoms with Crippen LogP contribution in [-0.4, -0.2) is 42.6 Å². The summed E-state index contributed by atoms with van der Waals surface area (Å²) in [5.74, 6) is 3.38. The number of methoxy groups -OCH3 is 1. The summed E-state index contributed by atoms with van der Waals surface area (Å²) >= 11 is 1.50. The number of carbonyl (C=O) groups is 1. The van der Waals surface area contributed by atoms with Gasteiger partial charge in [0.1, 0.15) is 12.0 Å². The summed E-state index contributed by atoms with van der Waals surface area (Å²) in [7, 11) is 1.64. The molecule has 0 saturated heterocycles. The Morgan fingerprint density at radius 1 is 1.07 bits per heavy atom. The zero-order valence-electron chi connectivity index (χ0n) is 17.0. The molecule has 0 spiro atoms. The van der Waals surface area contributed by atoms with Crippen molar-refractivity contribution in [2.45, 2.75) is 25.0 Å². The van der Waals surface area contributed by atoms with Crippen LogP contribution in [0.3, 0.4) is 0 Å². The Morgan fingerprint density at radius 2 is 1.90 bits per heavy atom. The normalized spacial score (nSPS) is 10.6. The number of carbonyl (C=O) groups excluding carboxylic acids is 1. The molecule has 0 amide bonds. The van der Waals surface area contributed by atoms with E-state index in [1.54, 1.807) is 25.3 Å². The Morgan fingerprint density at radius 3 is 2.63 bits per heavy atom. The first-order valence-corrected chi connectivity index (χ1v) is 10.6. The van der Waals surface area contributed by atoms with Crippen molar-refractivity contribution in [1.29, 1.82) is 0 Å². The third kappa shape index (κ3) is 6.25. The van der Waals surface area contributed by atoms with Gasteiger partial charge in [-0.3, -0.25) is 4.79 Å². The molecule has 158 valence electrons. The smallest absolute Gasteiger partial charge is 0.276 e. The SMILES string of the molecule is CCOc1cc(C=O)ccc1OCCCSc1nnc(Cc2ccc(OC)cc2)o1. The minimum atomic E-state index is 0.505. The Kier molecular flexibility index (Phi) is 8.14. The van der Waals surface area contributed by atoms with Crippen molar-refractivity contribution in [3.8, 4) is 17.2 Å². The summed E-state index contributed by atoms with van der Waals surface area (Å²) in [5.41, 5.74) is 1.64. The van der Waals surface area contributed by atoms with Crippen LogP contribution >= 0.6 is 11.8 Å². The number of ether oxygens (including phenoxy) is 3. The van der Waals surface area contributed by atoms with Crippen LogP contribution in [0.15, 0.2) is 52.1 Å². The molecular weight excluding hydrogens is 404 g/mol. The van der Waals surface area contributed by atoms with Gasteiger partial charge in [0.05, 0.1) is 26.7 Å². The van der Waals surface area contributed by atoms with Gasteiger partial charge in [-0.05, 0) is 49.2 Å². The van der Waals surface area contributed by atoms with Gasteiger partial charge in [0.2, 0.25) is 5.89 Å². The number of hydrogen-bond acceptors (Lipinski definition) is 8. The molecule has 30 heavy (non-hydrogen) atoms. The highest BCUT2D eigenvalue weighted by molar-refractivity contribution is 7.99. The van der Waals surface area contributed by atoms with E-state index in [0.29, 0.717) is 47.8 Å². The summed E-state index contributed by atoms with van der Waals surface area (Å²) in [6.07, 6.45) is 2.16. The van der Waals surface area contributed by atoms with E-state index >= 15 is 0 Å². The zero-order valence-corrected chi connectivity index (χ0v) is 17.8. The van der Waals surface area contributed by atoms with Gasteiger partial charge in [0.15, 0.2) is 11.5 Å². The second-order valence-corrected chi connectivity index (χ2v) is 7.34. The minimum absolute atomic E-state index is 0.505. The molecule has 0 bridgehead atoms. The standard InChI is InChI=1S/C22H24N2O5S/c1-3-27-20-13-17(15-25)7-10-19(20)28-11-4-12-30-22-24-23-21(29-22)14-16-5-8-18(26-2)9-6-16/h5-10,13,15H,3-4,11-12,14H2,1-2H3. The zero-order chi connectivity index (χ0) is 21.2. The fourth-order valence-corrected chi connectivity index (χ4v) is 3.36. The molecule has 0 aliphatic rings. The maximum Gasteiger partial charge on any atom is 0.276 e. The molecule has 1 heterocycles. The molecule has 0 N–H and O–H groups in total. The Labute approximate surface area is 179 Å². The molecule has 0 atom stereocenters. The van der Waals surface area contributed by atoms with Gasteiger partial charge in [0.25, 0.3) is 5.22 Å². The molecule has 7 nitrogen and oxygen atoms in total. The van der Waals surface area contributed by atoms with Crippen LogP contribution in [0.4, 0.5) is 0 Å². The van der Waals surface area contributed by atoms with E-state index in [2.05, 4.69) is 10.2 Å². The van der Waals surface area contributed by atoms with E-state index in [4.69, 9.17) is 18.6 Å². The van der Waals surface area contributed by atoms with E-state index in [0.717, 1.165) is 29.8 Å². The molecule has 2 aromatic carbocycles. The van der Waals surface area contributed by atoms with Gasteiger partial charge in [-0.1, -0.05) is 23.9 Å². The Balaban J connectivity index is 1.42. The van der Waals surface area contributed by atoms with E-state index in [9.17, 15) is 4.79 Å². The third-order valence-corrected chi connectivity index (χ3v) is 5.04. The van der Waals surface area contributed by atoms with Crippen LogP contribution in [0, 0.1) is 0 Å². The summed E-state index contributed by atoms with van der Waals surface area (Å²) in [4.78, 5) is 10.9. The van der Waals surface area contributed by atoms with Crippen molar-refractivity contribution >= 4 is 18.0 Å². The monoisotopic (exact) mass is 428 g/mol. The van der Waals surface area contributed by atoms with Gasteiger partial charge >= 0.3 is 0 Å². The minimum Gasteiger partial charge on any atom is -0.497 e. The lowest BCUT2D eigenvalue weighted by atomic mass is 10.1. The lowest BCUT2D eigenvalue weighted by Gasteiger charge is -2.12. The fraction of sp³-hybridized carbons (Fsp3) is 0.318. The lowest BCUT2D eigenvalue weighted by molar-refractivity contribution is 0.112. The Hall–Kier alpha value is -3.00. The quantitative estimate of drug-likeness (QED) is 0.238. The molecule has 0 saturated carbocycles. The molecule has 0 unspecified atom stereocenters. The number of nitrogens with zero attached hydrogens (tertiary/aromatic N) is 2. The highest BCUT2D eigenvalue weighted by Crippen LogP contribution is 2.28. The van der Waals surface area contributed by atoms with Crippen LogP contribution in [0.1, 0.15) is 35.2 Å². The number of thioether (sulfide) groups is 1. The predicted molar refractivity (Wildman–Crippen MR) is 114 cm³/mol. The van der Waals surface area contributed by atoms with Gasteiger partial charge < -0.3 is 18.6 Å². The van der Waals surface area contributed by atoms with Crippen LogP contribution < -0.4 is 14.2 Å². The van der Waals surface area contributed by atoms with Crippen molar-refractivity contribution in [1.82, 2.24) is 10.2 Å². The lowest BCUT2D eigenvalue weighted by Crippen LogP contribution is -2.02. The highest BCUT2D eigenvalue weighted by atomic mass is 32.2. The number of aromatic nitrogens is 2. The van der Waals surface area contributed by atoms with Crippen molar-refractivity contribution in [3.05, 3.63) is 59.5 Å². The average Bonchev–Trinajstić information content (AvgIpc) is 3.22. The van der Waals surface area contributed by atoms with Crippen molar-refractivity contribution in [2.75, 3.05) is 26.1 Å². The maximum atomic E-state index is 10.9. The molecule has 1 aromatic heterocycles. The molecule has 3 rings (SSSR count). The molecule has 3 aromatic rings. The maximum absolute atomic E-state index is 10.9. The molecule has 0 fully saturated rings. The molecule has 0 aliphatic carbocycles. The molecule has 0 aliphatic heterocycles. The predicted octanol–water partition coefficient (Wildman–Crippen LogP) is 4.44. The van der Waals surface area contributed by atoms with Crippen molar-refractivity contribution in [2.24, 2.45) is 0 Å². The first-order valence-electron chi connectivity index (χ1n) is 9.64. The molecular formula is C22H24N2O5S. The molecule has 8 heteroatoms. The van der Waals surface area contributed by atoms with Crippen molar-refractivity contribution in [3.63, 3.8) is 0 Å². The van der Waals surface area contributed by atoms with Gasteiger partial charge in [-0.15, -0.1) is 10.2 Å². The fourth-order valence-electron chi connectivity index (χ4n) is 2.67. The van der Waals surface area contributed by atoms with Crippen molar-refractivity contribution < 1.29 is 23.4 Å². The Bertz CT molecular complexity index is 943. The number of hydrogen-bond donors (Lipinski definition) is 0. The van der Waals surface area contributed by atoms with E-state index in [-0.39, 0.29) is 0 Å². The summed E-state index contributed by atoms with van der Waals surface area (Å²) in [6, 6.07) is 12.9. The number of rotatable bonds is 12. The van der Waals surface area contributed by atoms with Gasteiger partial charge in [-0.25, -0.2) is 0 Å². The first-order chi connectivity index (χ1) is 14.7. The molecule has 0 radical (unpaired) electrons. The van der Waals surface area contributed by atoms with E-state index in [1.165, 1.54) is 11.8 Å². The van der Waals surface area contributed by atoms with Crippen LogP contribution in [0.5, 0.6) is 17.2 Å².